The van der Waals surface area contributed by atoms with Crippen LogP contribution in [0.15, 0.2) is 0 Å². The number of carbonyl (C=O) groups is 4. The first-order chi connectivity index (χ1) is 12.6. The molecule has 0 radical (unpaired) electrons. The summed E-state index contributed by atoms with van der Waals surface area (Å²) in [5, 5.41) is 0. The Morgan fingerprint density at radius 3 is 1.14 bits per heavy atom. The molecule has 0 aliphatic rings. The van der Waals surface area contributed by atoms with Crippen molar-refractivity contribution in [1.29, 1.82) is 0 Å². The average molecular weight is 406 g/mol. The molecule has 0 aliphatic carbocycles. The van der Waals surface area contributed by atoms with E-state index in [1.807, 2.05) is 0 Å². The molecule has 0 heterocycles. The summed E-state index contributed by atoms with van der Waals surface area (Å²) < 4.78 is 9.38. The van der Waals surface area contributed by atoms with Crippen LogP contribution in [-0.2, 0) is 48.2 Å². The predicted octanol–water partition coefficient (Wildman–Crippen LogP) is 2.18. The molecule has 0 unspecified atom stereocenters. The van der Waals surface area contributed by atoms with Crippen LogP contribution in [0, 0.1) is 0 Å². The first kappa shape index (κ1) is 25.8. The number of ether oxygens (including phenoxy) is 2. The zero-order chi connectivity index (χ0) is 22.1. The summed E-state index contributed by atoms with van der Waals surface area (Å²) >= 11 is 0. The second kappa shape index (κ2) is 11.0. The highest BCUT2D eigenvalue weighted by Crippen LogP contribution is 2.25. The van der Waals surface area contributed by atoms with Gasteiger partial charge in [0.25, 0.3) is 0 Å². The molecule has 0 aromatic heterocycles. The smallest absolute Gasteiger partial charge is 0.449 e. The van der Waals surface area contributed by atoms with Crippen LogP contribution in [0.4, 0.5) is 0 Å². The highest BCUT2D eigenvalue weighted by atomic mass is 17.2. The van der Waals surface area contributed by atoms with E-state index in [0.717, 1.165) is 0 Å². The summed E-state index contributed by atoms with van der Waals surface area (Å²) in [5.74, 6) is -4.85. The zero-order valence-corrected chi connectivity index (χ0v) is 17.7. The highest BCUT2D eigenvalue weighted by Gasteiger charge is 2.32. The molecule has 10 nitrogen and oxygen atoms in total. The Kier molecular flexibility index (Phi) is 10.1. The molecule has 162 valence electrons. The molecule has 10 heteroatoms. The SMILES string of the molecule is CC(C)OC(=O)C(=O)OOC(C)(C)CCC(C)(C)OOC(=O)C(=O)OC(C)C. The van der Waals surface area contributed by atoms with Gasteiger partial charge in [-0.2, -0.15) is 9.78 Å². The quantitative estimate of drug-likeness (QED) is 0.243. The van der Waals surface area contributed by atoms with E-state index in [1.54, 1.807) is 55.4 Å². The first-order valence-corrected chi connectivity index (χ1v) is 8.86. The highest BCUT2D eigenvalue weighted by molar-refractivity contribution is 6.29. The van der Waals surface area contributed by atoms with Crippen molar-refractivity contribution in [3.8, 4) is 0 Å². The van der Waals surface area contributed by atoms with E-state index < -0.39 is 47.3 Å². The molecule has 0 rings (SSSR count). The molecule has 0 saturated carbocycles. The lowest BCUT2D eigenvalue weighted by atomic mass is 9.94. The van der Waals surface area contributed by atoms with Crippen LogP contribution in [0.25, 0.3) is 0 Å². The van der Waals surface area contributed by atoms with Crippen molar-refractivity contribution >= 4 is 23.9 Å². The third-order valence-electron chi connectivity index (χ3n) is 3.03. The number of rotatable bonds is 9. The van der Waals surface area contributed by atoms with Gasteiger partial charge in [-0.05, 0) is 68.2 Å². The maximum atomic E-state index is 11.5. The van der Waals surface area contributed by atoms with Gasteiger partial charge in [0.05, 0.1) is 12.2 Å². The number of hydrogen-bond donors (Lipinski definition) is 0. The first-order valence-electron chi connectivity index (χ1n) is 8.86. The van der Waals surface area contributed by atoms with Gasteiger partial charge in [0.1, 0.15) is 11.2 Å². The molecule has 0 bridgehead atoms. The maximum Gasteiger partial charge on any atom is 0.449 e. The molecule has 0 aromatic carbocycles. The minimum Gasteiger partial charge on any atom is -0.454 e. The van der Waals surface area contributed by atoms with Crippen molar-refractivity contribution in [3.63, 3.8) is 0 Å². The van der Waals surface area contributed by atoms with E-state index in [0.29, 0.717) is 12.8 Å². The van der Waals surface area contributed by atoms with Crippen molar-refractivity contribution in [2.24, 2.45) is 0 Å². The van der Waals surface area contributed by atoms with Crippen molar-refractivity contribution in [1.82, 2.24) is 0 Å². The molecule has 0 spiro atoms. The van der Waals surface area contributed by atoms with Gasteiger partial charge in [-0.25, -0.2) is 19.2 Å². The summed E-state index contributed by atoms with van der Waals surface area (Å²) in [6.45, 7) is 12.8. The summed E-state index contributed by atoms with van der Waals surface area (Å²) in [4.78, 5) is 64.8. The second-order valence-electron chi connectivity index (χ2n) is 7.84. The summed E-state index contributed by atoms with van der Waals surface area (Å²) in [6.07, 6.45) is -0.348. The Balaban J connectivity index is 4.43. The largest absolute Gasteiger partial charge is 0.454 e. The lowest BCUT2D eigenvalue weighted by Crippen LogP contribution is -2.35. The molecule has 0 amide bonds. The van der Waals surface area contributed by atoms with Gasteiger partial charge < -0.3 is 9.47 Å². The fraction of sp³-hybridized carbons (Fsp3) is 0.778. The maximum absolute atomic E-state index is 11.5. The van der Waals surface area contributed by atoms with Gasteiger partial charge in [0.15, 0.2) is 0 Å². The number of hydrogen-bond acceptors (Lipinski definition) is 10. The van der Waals surface area contributed by atoms with Crippen LogP contribution in [0.1, 0.15) is 68.2 Å². The molecular weight excluding hydrogens is 376 g/mol. The van der Waals surface area contributed by atoms with Crippen LogP contribution >= 0.6 is 0 Å². The molecular formula is C18H30O10. The van der Waals surface area contributed by atoms with Crippen LogP contribution in [0.2, 0.25) is 0 Å². The van der Waals surface area contributed by atoms with Crippen LogP contribution < -0.4 is 0 Å². The summed E-state index contributed by atoms with van der Waals surface area (Å²) in [7, 11) is 0. The molecule has 0 N–H and O–H groups in total. The Morgan fingerprint density at radius 2 is 0.893 bits per heavy atom. The second-order valence-corrected chi connectivity index (χ2v) is 7.84. The fourth-order valence-electron chi connectivity index (χ4n) is 1.58. The predicted molar refractivity (Wildman–Crippen MR) is 94.2 cm³/mol. The van der Waals surface area contributed by atoms with Crippen molar-refractivity contribution in [3.05, 3.63) is 0 Å². The molecule has 0 atom stereocenters. The average Bonchev–Trinajstić information content (AvgIpc) is 2.55. The third kappa shape index (κ3) is 11.5. The lowest BCUT2D eigenvalue weighted by Gasteiger charge is -2.28. The molecule has 0 aliphatic heterocycles. The zero-order valence-electron chi connectivity index (χ0n) is 17.7. The van der Waals surface area contributed by atoms with Crippen molar-refractivity contribution in [2.45, 2.75) is 91.6 Å². The Bertz CT molecular complexity index is 513. The van der Waals surface area contributed by atoms with E-state index in [-0.39, 0.29) is 0 Å². The van der Waals surface area contributed by atoms with Crippen LogP contribution in [0.5, 0.6) is 0 Å². The van der Waals surface area contributed by atoms with E-state index in [2.05, 4.69) is 19.2 Å². The Hall–Kier alpha value is -2.20. The van der Waals surface area contributed by atoms with Crippen LogP contribution in [-0.4, -0.2) is 47.3 Å². The lowest BCUT2D eigenvalue weighted by molar-refractivity contribution is -0.339. The van der Waals surface area contributed by atoms with Gasteiger partial charge >= 0.3 is 23.9 Å². The molecule has 28 heavy (non-hydrogen) atoms. The van der Waals surface area contributed by atoms with Gasteiger partial charge in [0.2, 0.25) is 0 Å². The van der Waals surface area contributed by atoms with E-state index in [4.69, 9.17) is 9.78 Å². The van der Waals surface area contributed by atoms with Gasteiger partial charge in [-0.1, -0.05) is 0 Å². The topological polar surface area (TPSA) is 124 Å². The van der Waals surface area contributed by atoms with Crippen molar-refractivity contribution in [2.75, 3.05) is 0 Å². The molecule has 0 saturated heterocycles. The van der Waals surface area contributed by atoms with Gasteiger partial charge in [-0.3, -0.25) is 9.78 Å². The normalized spacial score (nSPS) is 11.9. The van der Waals surface area contributed by atoms with E-state index in [1.165, 1.54) is 0 Å². The monoisotopic (exact) mass is 406 g/mol. The molecule has 0 aromatic rings. The Labute approximate surface area is 164 Å². The van der Waals surface area contributed by atoms with Gasteiger partial charge in [0, 0.05) is 0 Å². The minimum atomic E-state index is -1.27. The minimum absolute atomic E-state index is 0.292. The van der Waals surface area contributed by atoms with Crippen molar-refractivity contribution < 1.29 is 48.2 Å². The molecule has 0 fully saturated rings. The number of esters is 2. The number of carbonyl (C=O) groups excluding carboxylic acids is 4. The standard InChI is InChI=1S/C18H30O10/c1-11(2)23-13(19)15(21)25-27-17(5,6)9-10-18(7,8)28-26-16(22)14(20)24-12(3)4/h11-12H,9-10H2,1-8H3. The van der Waals surface area contributed by atoms with E-state index in [9.17, 15) is 19.2 Å². The third-order valence-corrected chi connectivity index (χ3v) is 3.03. The van der Waals surface area contributed by atoms with E-state index >= 15 is 0 Å². The van der Waals surface area contributed by atoms with Gasteiger partial charge in [-0.15, -0.1) is 0 Å². The summed E-state index contributed by atoms with van der Waals surface area (Å²) in [6, 6.07) is 0. The Morgan fingerprint density at radius 1 is 0.607 bits per heavy atom. The summed E-state index contributed by atoms with van der Waals surface area (Å²) in [5.41, 5.74) is -1.95. The fourth-order valence-corrected chi connectivity index (χ4v) is 1.58. The van der Waals surface area contributed by atoms with Crippen LogP contribution in [0.3, 0.4) is 0 Å².